The van der Waals surface area contributed by atoms with Gasteiger partial charge in [0, 0.05) is 42.1 Å². The van der Waals surface area contributed by atoms with E-state index in [9.17, 15) is 4.79 Å². The van der Waals surface area contributed by atoms with E-state index in [-0.39, 0.29) is 11.9 Å². The average molecular weight is 414 g/mol. The van der Waals surface area contributed by atoms with Crippen molar-refractivity contribution in [1.82, 2.24) is 20.3 Å². The number of nitrogens with one attached hydrogen (secondary N) is 1. The van der Waals surface area contributed by atoms with E-state index < -0.39 is 0 Å². The number of benzene rings is 1. The highest BCUT2D eigenvalue weighted by Gasteiger charge is 2.30. The van der Waals surface area contributed by atoms with Gasteiger partial charge in [-0.25, -0.2) is 9.97 Å². The number of nitrogens with zero attached hydrogens (tertiary/aromatic N) is 4. The van der Waals surface area contributed by atoms with Gasteiger partial charge in [0.2, 0.25) is 0 Å². The van der Waals surface area contributed by atoms with Gasteiger partial charge in [0.1, 0.15) is 11.5 Å². The Morgan fingerprint density at radius 2 is 1.87 bits per heavy atom. The zero-order valence-electron chi connectivity index (χ0n) is 17.6. The first-order valence-electron chi connectivity index (χ1n) is 11.2. The predicted octanol–water partition coefficient (Wildman–Crippen LogP) is 3.82. The zero-order valence-corrected chi connectivity index (χ0v) is 17.6. The van der Waals surface area contributed by atoms with Crippen molar-refractivity contribution in [2.24, 2.45) is 0 Å². The van der Waals surface area contributed by atoms with Crippen LogP contribution in [0.3, 0.4) is 0 Å². The number of amides is 1. The third-order valence-corrected chi connectivity index (χ3v) is 6.24. The molecule has 158 valence electrons. The summed E-state index contributed by atoms with van der Waals surface area (Å²) in [4.78, 5) is 29.3. The molecule has 0 spiro atoms. The van der Waals surface area contributed by atoms with Crippen LogP contribution in [0.15, 0.2) is 54.7 Å². The van der Waals surface area contributed by atoms with Crippen LogP contribution in [0, 0.1) is 0 Å². The number of fused-ring (bicyclic) bond motifs is 1. The molecule has 0 bridgehead atoms. The Kier molecular flexibility index (Phi) is 5.61. The molecule has 0 saturated carbocycles. The molecule has 6 heteroatoms. The molecule has 1 aromatic carbocycles. The summed E-state index contributed by atoms with van der Waals surface area (Å²) in [5, 5.41) is 3.15. The highest BCUT2D eigenvalue weighted by molar-refractivity contribution is 5.94. The highest BCUT2D eigenvalue weighted by Crippen LogP contribution is 2.34. The van der Waals surface area contributed by atoms with Crippen LogP contribution in [0.5, 0.6) is 0 Å². The molecule has 1 aliphatic carbocycles. The number of hydrogen-bond donors (Lipinski definition) is 1. The fourth-order valence-electron chi connectivity index (χ4n) is 4.65. The van der Waals surface area contributed by atoms with Gasteiger partial charge in [-0.1, -0.05) is 24.3 Å². The lowest BCUT2D eigenvalue weighted by atomic mass is 10.0. The first kappa shape index (κ1) is 19.7. The van der Waals surface area contributed by atoms with Crippen molar-refractivity contribution in [3.8, 4) is 11.5 Å². The molecule has 0 radical (unpaired) electrons. The Balaban J connectivity index is 1.42. The van der Waals surface area contributed by atoms with Gasteiger partial charge in [-0.05, 0) is 62.8 Å². The van der Waals surface area contributed by atoms with Gasteiger partial charge in [-0.2, -0.15) is 0 Å². The number of carbonyl (C=O) groups excluding carboxylic acids is 1. The van der Waals surface area contributed by atoms with Gasteiger partial charge in [0.15, 0.2) is 5.82 Å². The van der Waals surface area contributed by atoms with Crippen LogP contribution in [-0.2, 0) is 12.8 Å². The molecule has 1 saturated heterocycles. The average Bonchev–Trinajstić information content (AvgIpc) is 3.32. The van der Waals surface area contributed by atoms with E-state index in [1.165, 1.54) is 12.0 Å². The zero-order chi connectivity index (χ0) is 21.0. The molecule has 6 nitrogen and oxygen atoms in total. The number of carbonyl (C=O) groups is 1. The van der Waals surface area contributed by atoms with E-state index in [1.807, 2.05) is 48.5 Å². The van der Waals surface area contributed by atoms with Gasteiger partial charge in [-0.15, -0.1) is 0 Å². The lowest BCUT2D eigenvalue weighted by Gasteiger charge is -2.38. The first-order valence-corrected chi connectivity index (χ1v) is 11.2. The molecular formula is C25H27N5O. The number of pyridine rings is 1. The molecule has 1 unspecified atom stereocenters. The highest BCUT2D eigenvalue weighted by atomic mass is 16.1. The molecule has 1 amide bonds. The van der Waals surface area contributed by atoms with Crippen LogP contribution in [0.1, 0.15) is 47.3 Å². The van der Waals surface area contributed by atoms with Crippen LogP contribution in [0.4, 0.5) is 5.82 Å². The Hall–Kier alpha value is -3.28. The largest absolute Gasteiger partial charge is 0.352 e. The Morgan fingerprint density at radius 1 is 1.00 bits per heavy atom. The topological polar surface area (TPSA) is 71.0 Å². The third-order valence-electron chi connectivity index (χ3n) is 6.24. The van der Waals surface area contributed by atoms with Gasteiger partial charge >= 0.3 is 0 Å². The maximum absolute atomic E-state index is 12.6. The van der Waals surface area contributed by atoms with Crippen molar-refractivity contribution in [1.29, 1.82) is 0 Å². The number of hydrogen-bond acceptors (Lipinski definition) is 5. The molecule has 3 aromatic rings. The number of aromatic nitrogens is 3. The monoisotopic (exact) mass is 413 g/mol. The maximum Gasteiger partial charge on any atom is 0.251 e. The van der Waals surface area contributed by atoms with Crippen molar-refractivity contribution < 1.29 is 4.79 Å². The van der Waals surface area contributed by atoms with Crippen molar-refractivity contribution in [3.63, 3.8) is 0 Å². The van der Waals surface area contributed by atoms with E-state index in [1.54, 1.807) is 6.20 Å². The third kappa shape index (κ3) is 4.15. The fourth-order valence-corrected chi connectivity index (χ4v) is 4.65. The minimum absolute atomic E-state index is 0.0202. The standard InChI is InChI=1S/C25H27N5O/c31-25(18-9-2-1-3-10-18)27-17-19-11-5-7-16-30(19)24-20-12-8-14-21(20)28-23(29-24)22-13-4-6-15-26-22/h1-4,6,9-10,13,15,19H,5,7-8,11-12,14,16-17H2,(H,27,31). The minimum atomic E-state index is -0.0202. The van der Waals surface area contributed by atoms with Crippen LogP contribution in [0.2, 0.25) is 0 Å². The molecule has 31 heavy (non-hydrogen) atoms. The van der Waals surface area contributed by atoms with E-state index in [0.29, 0.717) is 17.9 Å². The van der Waals surface area contributed by atoms with Gasteiger partial charge in [0.05, 0.1) is 0 Å². The van der Waals surface area contributed by atoms with Crippen LogP contribution in [-0.4, -0.2) is 40.0 Å². The summed E-state index contributed by atoms with van der Waals surface area (Å²) >= 11 is 0. The van der Waals surface area contributed by atoms with Crippen molar-refractivity contribution in [2.45, 2.75) is 44.6 Å². The Bertz CT molecular complexity index is 1050. The second-order valence-electron chi connectivity index (χ2n) is 8.28. The fraction of sp³-hybridized carbons (Fsp3) is 0.360. The summed E-state index contributed by atoms with van der Waals surface area (Å²) in [6, 6.07) is 15.5. The summed E-state index contributed by atoms with van der Waals surface area (Å²) in [5.74, 6) is 1.73. The quantitative estimate of drug-likeness (QED) is 0.689. The number of aryl methyl sites for hydroxylation is 1. The Morgan fingerprint density at radius 3 is 2.71 bits per heavy atom. The SMILES string of the molecule is O=C(NCC1CCCCN1c1nc(-c2ccccn2)nc2c1CCC2)c1ccccc1. The molecule has 2 aromatic heterocycles. The lowest BCUT2D eigenvalue weighted by molar-refractivity contribution is 0.0949. The van der Waals surface area contributed by atoms with Crippen molar-refractivity contribution in [3.05, 3.63) is 71.5 Å². The number of piperidine rings is 1. The summed E-state index contributed by atoms with van der Waals surface area (Å²) in [6.45, 7) is 1.57. The van der Waals surface area contributed by atoms with Crippen LogP contribution in [0.25, 0.3) is 11.5 Å². The second kappa shape index (κ2) is 8.84. The molecule has 1 fully saturated rings. The summed E-state index contributed by atoms with van der Waals surface area (Å²) < 4.78 is 0. The summed E-state index contributed by atoms with van der Waals surface area (Å²) in [6.07, 6.45) is 8.28. The maximum atomic E-state index is 12.6. The molecule has 3 heterocycles. The van der Waals surface area contributed by atoms with E-state index in [4.69, 9.17) is 9.97 Å². The molecule has 2 aliphatic rings. The van der Waals surface area contributed by atoms with Gasteiger partial charge in [0.25, 0.3) is 5.91 Å². The smallest absolute Gasteiger partial charge is 0.251 e. The number of rotatable bonds is 5. The normalized spacial score (nSPS) is 17.9. The van der Waals surface area contributed by atoms with Gasteiger partial charge in [-0.3, -0.25) is 9.78 Å². The lowest BCUT2D eigenvalue weighted by Crippen LogP contribution is -2.47. The van der Waals surface area contributed by atoms with Crippen LogP contribution < -0.4 is 10.2 Å². The van der Waals surface area contributed by atoms with Crippen molar-refractivity contribution >= 4 is 11.7 Å². The number of anilines is 1. The second-order valence-corrected chi connectivity index (χ2v) is 8.28. The minimum Gasteiger partial charge on any atom is -0.352 e. The molecule has 1 aliphatic heterocycles. The summed E-state index contributed by atoms with van der Waals surface area (Å²) in [5.41, 5.74) is 3.94. The molecule has 1 N–H and O–H groups in total. The van der Waals surface area contributed by atoms with Crippen LogP contribution >= 0.6 is 0 Å². The van der Waals surface area contributed by atoms with Crippen molar-refractivity contribution in [2.75, 3.05) is 18.0 Å². The molecular weight excluding hydrogens is 386 g/mol. The molecule has 1 atom stereocenters. The summed E-state index contributed by atoms with van der Waals surface area (Å²) in [7, 11) is 0. The molecule has 5 rings (SSSR count). The first-order chi connectivity index (χ1) is 15.3. The Labute approximate surface area is 182 Å². The van der Waals surface area contributed by atoms with Gasteiger partial charge < -0.3 is 10.2 Å². The van der Waals surface area contributed by atoms with E-state index in [2.05, 4.69) is 15.2 Å². The predicted molar refractivity (Wildman–Crippen MR) is 121 cm³/mol. The van der Waals surface area contributed by atoms with E-state index >= 15 is 0 Å². The van der Waals surface area contributed by atoms with E-state index in [0.717, 1.165) is 55.9 Å².